The molecule has 0 aliphatic carbocycles. The molecule has 1 saturated heterocycles. The topological polar surface area (TPSA) is 77.1 Å². The summed E-state index contributed by atoms with van der Waals surface area (Å²) >= 11 is 0. The molecule has 29 heavy (non-hydrogen) atoms. The maximum atomic E-state index is 12.8. The first-order valence-electron chi connectivity index (χ1n) is 9.59. The molecule has 0 saturated carbocycles. The lowest BCUT2D eigenvalue weighted by Gasteiger charge is -2.27. The Hall–Kier alpha value is -3.06. The predicted molar refractivity (Wildman–Crippen MR) is 110 cm³/mol. The number of ether oxygens (including phenoxy) is 3. The largest absolute Gasteiger partial charge is 0.493 e. The molecule has 1 N–H and O–H groups in total. The molecular formula is C22H26N2O5. The highest BCUT2D eigenvalue weighted by molar-refractivity contribution is 6.03. The van der Waals surface area contributed by atoms with Gasteiger partial charge in [0.15, 0.2) is 11.5 Å². The van der Waals surface area contributed by atoms with Gasteiger partial charge in [0.05, 0.1) is 38.7 Å². The van der Waals surface area contributed by atoms with Gasteiger partial charge in [-0.05, 0) is 36.2 Å². The van der Waals surface area contributed by atoms with Crippen molar-refractivity contribution in [1.82, 2.24) is 4.90 Å². The summed E-state index contributed by atoms with van der Waals surface area (Å²) < 4.78 is 15.8. The van der Waals surface area contributed by atoms with Gasteiger partial charge < -0.3 is 24.4 Å². The molecule has 7 nitrogen and oxygen atoms in total. The Morgan fingerprint density at radius 1 is 1.03 bits per heavy atom. The van der Waals surface area contributed by atoms with E-state index in [-0.39, 0.29) is 18.2 Å². The summed E-state index contributed by atoms with van der Waals surface area (Å²) in [5, 5.41) is 2.88. The first kappa shape index (κ1) is 20.7. The van der Waals surface area contributed by atoms with E-state index < -0.39 is 0 Å². The zero-order chi connectivity index (χ0) is 20.6. The summed E-state index contributed by atoms with van der Waals surface area (Å²) in [6.45, 7) is 2.18. The Bertz CT molecular complexity index is 862. The number of para-hydroxylation sites is 1. The summed E-state index contributed by atoms with van der Waals surface area (Å²) in [6, 6.07) is 12.7. The van der Waals surface area contributed by atoms with Crippen LogP contribution in [0.3, 0.4) is 0 Å². The SMILES string of the molecule is COc1ccc(CCC(=O)Nc2ccccc2C(=O)N2CCOCC2)cc1OC. The minimum Gasteiger partial charge on any atom is -0.493 e. The fraction of sp³-hybridized carbons (Fsp3) is 0.364. The van der Waals surface area contributed by atoms with Gasteiger partial charge in [0.25, 0.3) is 5.91 Å². The third kappa shape index (κ3) is 5.26. The molecule has 1 heterocycles. The molecule has 2 aromatic carbocycles. The number of amides is 2. The van der Waals surface area contributed by atoms with Crippen molar-refractivity contribution in [3.05, 3.63) is 53.6 Å². The Morgan fingerprint density at radius 2 is 1.76 bits per heavy atom. The number of nitrogens with zero attached hydrogens (tertiary/aromatic N) is 1. The first-order valence-corrected chi connectivity index (χ1v) is 9.59. The molecule has 1 fully saturated rings. The van der Waals surface area contributed by atoms with E-state index >= 15 is 0 Å². The second-order valence-corrected chi connectivity index (χ2v) is 6.69. The summed E-state index contributed by atoms with van der Waals surface area (Å²) in [6.07, 6.45) is 0.835. The monoisotopic (exact) mass is 398 g/mol. The summed E-state index contributed by atoms with van der Waals surface area (Å²) in [7, 11) is 3.16. The van der Waals surface area contributed by atoms with Gasteiger partial charge in [-0.25, -0.2) is 0 Å². The van der Waals surface area contributed by atoms with Crippen molar-refractivity contribution < 1.29 is 23.8 Å². The Kier molecular flexibility index (Phi) is 7.08. The van der Waals surface area contributed by atoms with Gasteiger partial charge in [0, 0.05) is 19.5 Å². The van der Waals surface area contributed by atoms with E-state index in [2.05, 4.69) is 5.32 Å². The molecular weight excluding hydrogens is 372 g/mol. The van der Waals surface area contributed by atoms with Gasteiger partial charge in [0.2, 0.25) is 5.91 Å². The fourth-order valence-electron chi connectivity index (χ4n) is 3.22. The first-order chi connectivity index (χ1) is 14.1. The molecule has 7 heteroatoms. The predicted octanol–water partition coefficient (Wildman–Crippen LogP) is 2.75. The number of carbonyl (C=O) groups is 2. The Balaban J connectivity index is 1.63. The average molecular weight is 398 g/mol. The van der Waals surface area contributed by atoms with Crippen LogP contribution < -0.4 is 14.8 Å². The number of nitrogens with one attached hydrogen (secondary N) is 1. The van der Waals surface area contributed by atoms with E-state index in [0.29, 0.717) is 55.5 Å². The number of hydrogen-bond donors (Lipinski definition) is 1. The number of rotatable bonds is 7. The highest BCUT2D eigenvalue weighted by Gasteiger charge is 2.21. The van der Waals surface area contributed by atoms with E-state index in [1.54, 1.807) is 43.4 Å². The lowest BCUT2D eigenvalue weighted by molar-refractivity contribution is -0.116. The maximum Gasteiger partial charge on any atom is 0.256 e. The molecule has 0 radical (unpaired) electrons. The van der Waals surface area contributed by atoms with Crippen molar-refractivity contribution in [1.29, 1.82) is 0 Å². The van der Waals surface area contributed by atoms with Crippen LogP contribution in [0.4, 0.5) is 5.69 Å². The molecule has 154 valence electrons. The zero-order valence-corrected chi connectivity index (χ0v) is 16.8. The van der Waals surface area contributed by atoms with Crippen LogP contribution in [-0.4, -0.2) is 57.2 Å². The highest BCUT2D eigenvalue weighted by Crippen LogP contribution is 2.28. The summed E-state index contributed by atoms with van der Waals surface area (Å²) in [4.78, 5) is 27.1. The number of hydrogen-bond acceptors (Lipinski definition) is 5. The molecule has 1 aliphatic heterocycles. The van der Waals surface area contributed by atoms with Crippen molar-refractivity contribution in [2.75, 3.05) is 45.8 Å². The Labute approximate surface area is 170 Å². The number of morpholine rings is 1. The smallest absolute Gasteiger partial charge is 0.256 e. The molecule has 0 aromatic heterocycles. The van der Waals surface area contributed by atoms with Crippen molar-refractivity contribution >= 4 is 17.5 Å². The van der Waals surface area contributed by atoms with Crippen molar-refractivity contribution in [2.24, 2.45) is 0 Å². The van der Waals surface area contributed by atoms with Crippen LogP contribution in [0.2, 0.25) is 0 Å². The lowest BCUT2D eigenvalue weighted by Crippen LogP contribution is -2.41. The standard InChI is InChI=1S/C22H26N2O5/c1-27-19-9-7-16(15-20(19)28-2)8-10-21(25)23-18-6-4-3-5-17(18)22(26)24-11-13-29-14-12-24/h3-7,9,15H,8,10-14H2,1-2H3,(H,23,25). The van der Waals surface area contributed by atoms with E-state index in [1.807, 2.05) is 18.2 Å². The second kappa shape index (κ2) is 9.93. The van der Waals surface area contributed by atoms with Gasteiger partial charge >= 0.3 is 0 Å². The maximum absolute atomic E-state index is 12.8. The fourth-order valence-corrected chi connectivity index (χ4v) is 3.22. The normalized spacial score (nSPS) is 13.7. The molecule has 2 amide bonds. The third-order valence-electron chi connectivity index (χ3n) is 4.82. The Morgan fingerprint density at radius 3 is 2.48 bits per heavy atom. The minimum absolute atomic E-state index is 0.0934. The molecule has 3 rings (SSSR count). The van der Waals surface area contributed by atoms with Crippen LogP contribution in [-0.2, 0) is 16.0 Å². The molecule has 0 bridgehead atoms. The van der Waals surface area contributed by atoms with Crippen LogP contribution >= 0.6 is 0 Å². The van der Waals surface area contributed by atoms with E-state index in [1.165, 1.54) is 0 Å². The average Bonchev–Trinajstić information content (AvgIpc) is 2.78. The summed E-state index contributed by atoms with van der Waals surface area (Å²) in [5.74, 6) is 1.04. The highest BCUT2D eigenvalue weighted by atomic mass is 16.5. The van der Waals surface area contributed by atoms with Crippen molar-refractivity contribution in [3.8, 4) is 11.5 Å². The number of methoxy groups -OCH3 is 2. The summed E-state index contributed by atoms with van der Waals surface area (Å²) in [5.41, 5.74) is 1.99. The van der Waals surface area contributed by atoms with Crippen LogP contribution in [0.25, 0.3) is 0 Å². The van der Waals surface area contributed by atoms with Gasteiger partial charge in [-0.2, -0.15) is 0 Å². The lowest BCUT2D eigenvalue weighted by atomic mass is 10.1. The molecule has 0 spiro atoms. The zero-order valence-electron chi connectivity index (χ0n) is 16.8. The van der Waals surface area contributed by atoms with E-state index in [4.69, 9.17) is 14.2 Å². The number of anilines is 1. The van der Waals surface area contributed by atoms with Crippen LogP contribution in [0.15, 0.2) is 42.5 Å². The number of carbonyl (C=O) groups excluding carboxylic acids is 2. The van der Waals surface area contributed by atoms with Crippen LogP contribution in [0.1, 0.15) is 22.3 Å². The van der Waals surface area contributed by atoms with Gasteiger partial charge in [0.1, 0.15) is 0 Å². The van der Waals surface area contributed by atoms with E-state index in [9.17, 15) is 9.59 Å². The van der Waals surface area contributed by atoms with Crippen LogP contribution in [0, 0.1) is 0 Å². The number of benzene rings is 2. The van der Waals surface area contributed by atoms with E-state index in [0.717, 1.165) is 5.56 Å². The van der Waals surface area contributed by atoms with Gasteiger partial charge in [-0.15, -0.1) is 0 Å². The molecule has 1 aliphatic rings. The quantitative estimate of drug-likeness (QED) is 0.776. The minimum atomic E-state index is -0.151. The molecule has 0 unspecified atom stereocenters. The molecule has 2 aromatic rings. The second-order valence-electron chi connectivity index (χ2n) is 6.69. The third-order valence-corrected chi connectivity index (χ3v) is 4.82. The van der Waals surface area contributed by atoms with Crippen LogP contribution in [0.5, 0.6) is 11.5 Å². The van der Waals surface area contributed by atoms with Gasteiger partial charge in [-0.3, -0.25) is 9.59 Å². The van der Waals surface area contributed by atoms with Gasteiger partial charge in [-0.1, -0.05) is 18.2 Å². The van der Waals surface area contributed by atoms with Crippen molar-refractivity contribution in [2.45, 2.75) is 12.8 Å². The number of aryl methyl sites for hydroxylation is 1. The molecule has 0 atom stereocenters. The van der Waals surface area contributed by atoms with Crippen molar-refractivity contribution in [3.63, 3.8) is 0 Å².